The molecule has 0 bridgehead atoms. The first kappa shape index (κ1) is 23.3. The second kappa shape index (κ2) is 10.8. The Bertz CT molecular complexity index is 1220. The summed E-state index contributed by atoms with van der Waals surface area (Å²) in [5, 5.41) is 0. The number of ether oxygens (including phenoxy) is 3. The van der Waals surface area contributed by atoms with Gasteiger partial charge in [-0.1, -0.05) is 42.5 Å². The zero-order chi connectivity index (χ0) is 23.2. The highest BCUT2D eigenvalue weighted by Crippen LogP contribution is 2.38. The van der Waals surface area contributed by atoms with Crippen molar-refractivity contribution in [3.05, 3.63) is 98.1 Å². The predicted molar refractivity (Wildman–Crippen MR) is 136 cm³/mol. The Morgan fingerprint density at radius 3 is 2.48 bits per heavy atom. The monoisotopic (exact) mass is 569 g/mol. The highest BCUT2D eigenvalue weighted by molar-refractivity contribution is 9.10. The van der Waals surface area contributed by atoms with Crippen LogP contribution in [-0.4, -0.2) is 25.1 Å². The maximum atomic E-state index is 12.4. The molecule has 0 atom stereocenters. The number of halogens is 2. The van der Waals surface area contributed by atoms with Gasteiger partial charge in [0.05, 0.1) is 23.2 Å². The minimum absolute atomic E-state index is 0.216. The minimum Gasteiger partial charge on any atom is -0.490 e. The van der Waals surface area contributed by atoms with E-state index in [1.54, 1.807) is 6.08 Å². The Labute approximate surface area is 209 Å². The fourth-order valence-corrected chi connectivity index (χ4v) is 4.34. The van der Waals surface area contributed by atoms with Gasteiger partial charge in [-0.15, -0.1) is 0 Å². The highest BCUT2D eigenvalue weighted by Gasteiger charge is 2.25. The molecule has 1 aliphatic rings. The van der Waals surface area contributed by atoms with E-state index in [1.165, 1.54) is 5.56 Å². The van der Waals surface area contributed by atoms with Crippen molar-refractivity contribution in [3.63, 3.8) is 0 Å². The molecular formula is C26H21Br2NO4. The number of rotatable bonds is 8. The molecule has 168 valence electrons. The molecule has 5 nitrogen and oxygen atoms in total. The second-order valence-electron chi connectivity index (χ2n) is 7.16. The summed E-state index contributed by atoms with van der Waals surface area (Å²) >= 11 is 7.05. The Morgan fingerprint density at radius 1 is 0.970 bits per heavy atom. The first-order valence-corrected chi connectivity index (χ1v) is 12.0. The van der Waals surface area contributed by atoms with E-state index in [4.69, 9.17) is 14.2 Å². The molecule has 7 heteroatoms. The first-order valence-electron chi connectivity index (χ1n) is 10.5. The van der Waals surface area contributed by atoms with Gasteiger partial charge in [-0.25, -0.2) is 9.79 Å². The molecule has 0 saturated carbocycles. The summed E-state index contributed by atoms with van der Waals surface area (Å²) in [6, 6.07) is 21.3. The fraction of sp³-hybridized carbons (Fsp3) is 0.154. The molecule has 0 saturated heterocycles. The van der Waals surface area contributed by atoms with E-state index >= 15 is 0 Å². The van der Waals surface area contributed by atoms with Crippen LogP contribution in [0, 0.1) is 0 Å². The van der Waals surface area contributed by atoms with E-state index in [9.17, 15) is 4.79 Å². The summed E-state index contributed by atoms with van der Waals surface area (Å²) in [6.45, 7) is 2.90. The van der Waals surface area contributed by atoms with Gasteiger partial charge in [0.1, 0.15) is 0 Å². The zero-order valence-electron chi connectivity index (χ0n) is 17.9. The maximum Gasteiger partial charge on any atom is 0.363 e. The Morgan fingerprint density at radius 2 is 1.73 bits per heavy atom. The van der Waals surface area contributed by atoms with Crippen LogP contribution in [0.3, 0.4) is 0 Å². The number of esters is 1. The topological polar surface area (TPSA) is 57.1 Å². The van der Waals surface area contributed by atoms with Gasteiger partial charge < -0.3 is 14.2 Å². The van der Waals surface area contributed by atoms with Crippen molar-refractivity contribution in [1.29, 1.82) is 0 Å². The number of benzene rings is 3. The third-order valence-corrected chi connectivity index (χ3v) is 6.12. The highest BCUT2D eigenvalue weighted by atomic mass is 79.9. The predicted octanol–water partition coefficient (Wildman–Crippen LogP) is 6.58. The van der Waals surface area contributed by atoms with Crippen LogP contribution in [0.1, 0.15) is 23.6 Å². The van der Waals surface area contributed by atoms with Crippen molar-refractivity contribution in [1.82, 2.24) is 0 Å². The summed E-state index contributed by atoms with van der Waals surface area (Å²) in [4.78, 5) is 16.8. The standard InChI is InChI=1S/C26H21Br2NO4/c1-2-31-23-16-18(14-21(28)24(23)32-13-12-17-8-4-3-5-9-17)15-22-26(30)33-25(29-22)19-10-6-7-11-20(19)27/h3-11,14-16H,2,12-13H2,1H3/b22-15-. The lowest BCUT2D eigenvalue weighted by atomic mass is 10.1. The number of aliphatic imine (C=N–C) groups is 1. The normalized spacial score (nSPS) is 14.2. The van der Waals surface area contributed by atoms with Gasteiger partial charge in [0.15, 0.2) is 17.2 Å². The quantitative estimate of drug-likeness (QED) is 0.227. The number of nitrogens with zero attached hydrogens (tertiary/aromatic N) is 1. The Balaban J connectivity index is 1.57. The van der Waals surface area contributed by atoms with Gasteiger partial charge in [-0.3, -0.25) is 0 Å². The van der Waals surface area contributed by atoms with E-state index in [0.29, 0.717) is 30.3 Å². The number of carbonyl (C=O) groups is 1. The summed E-state index contributed by atoms with van der Waals surface area (Å²) in [6.07, 6.45) is 2.45. The molecule has 0 N–H and O–H groups in total. The second-order valence-corrected chi connectivity index (χ2v) is 8.87. The van der Waals surface area contributed by atoms with E-state index in [2.05, 4.69) is 49.0 Å². The van der Waals surface area contributed by atoms with Crippen molar-refractivity contribution in [2.45, 2.75) is 13.3 Å². The molecule has 0 unspecified atom stereocenters. The summed E-state index contributed by atoms with van der Waals surface area (Å²) in [5.74, 6) is 0.983. The van der Waals surface area contributed by atoms with Gasteiger partial charge in [0.2, 0.25) is 5.90 Å². The Kier molecular flexibility index (Phi) is 7.62. The summed E-state index contributed by atoms with van der Waals surface area (Å²) in [5.41, 5.74) is 2.87. The molecule has 33 heavy (non-hydrogen) atoms. The van der Waals surface area contributed by atoms with Crippen LogP contribution < -0.4 is 9.47 Å². The van der Waals surface area contributed by atoms with Gasteiger partial charge in [0.25, 0.3) is 0 Å². The Hall–Kier alpha value is -2.90. The van der Waals surface area contributed by atoms with E-state index in [-0.39, 0.29) is 11.6 Å². The number of cyclic esters (lactones) is 1. The molecule has 4 rings (SSSR count). The molecular weight excluding hydrogens is 550 g/mol. The smallest absolute Gasteiger partial charge is 0.363 e. The minimum atomic E-state index is -0.502. The summed E-state index contributed by atoms with van der Waals surface area (Å²) < 4.78 is 18.8. The van der Waals surface area contributed by atoms with Gasteiger partial charge in [-0.05, 0) is 80.3 Å². The van der Waals surface area contributed by atoms with Crippen LogP contribution in [-0.2, 0) is 16.0 Å². The molecule has 0 spiro atoms. The number of hydrogen-bond acceptors (Lipinski definition) is 5. The van der Waals surface area contributed by atoms with Crippen LogP contribution in [0.2, 0.25) is 0 Å². The lowest BCUT2D eigenvalue weighted by Gasteiger charge is -2.15. The molecule has 0 aliphatic carbocycles. The van der Waals surface area contributed by atoms with Crippen molar-refractivity contribution in [2.75, 3.05) is 13.2 Å². The van der Waals surface area contributed by atoms with Crippen LogP contribution >= 0.6 is 31.9 Å². The van der Waals surface area contributed by atoms with Crippen LogP contribution in [0.15, 0.2) is 86.4 Å². The lowest BCUT2D eigenvalue weighted by molar-refractivity contribution is -0.129. The van der Waals surface area contributed by atoms with E-state index in [0.717, 1.165) is 20.9 Å². The van der Waals surface area contributed by atoms with Crippen LogP contribution in [0.5, 0.6) is 11.5 Å². The van der Waals surface area contributed by atoms with Crippen molar-refractivity contribution < 1.29 is 19.0 Å². The van der Waals surface area contributed by atoms with E-state index in [1.807, 2.05) is 61.5 Å². The molecule has 3 aromatic carbocycles. The molecule has 0 aromatic heterocycles. The third kappa shape index (κ3) is 5.72. The lowest BCUT2D eigenvalue weighted by Crippen LogP contribution is -2.06. The average molecular weight is 571 g/mol. The summed E-state index contributed by atoms with van der Waals surface area (Å²) in [7, 11) is 0. The number of carbonyl (C=O) groups excluding carboxylic acids is 1. The maximum absolute atomic E-state index is 12.4. The fourth-order valence-electron chi connectivity index (χ4n) is 3.31. The SMILES string of the molecule is CCOc1cc(/C=C2\N=C(c3ccccc3Br)OC2=O)cc(Br)c1OCCc1ccccc1. The largest absolute Gasteiger partial charge is 0.490 e. The van der Waals surface area contributed by atoms with Gasteiger partial charge >= 0.3 is 5.97 Å². The zero-order valence-corrected chi connectivity index (χ0v) is 21.1. The van der Waals surface area contributed by atoms with Crippen molar-refractivity contribution >= 4 is 49.8 Å². The van der Waals surface area contributed by atoms with Crippen LogP contribution in [0.25, 0.3) is 6.08 Å². The average Bonchev–Trinajstić information content (AvgIpc) is 3.16. The first-order chi connectivity index (χ1) is 16.0. The molecule has 0 amide bonds. The molecule has 3 aromatic rings. The molecule has 0 fully saturated rings. The third-order valence-electron chi connectivity index (χ3n) is 4.84. The van der Waals surface area contributed by atoms with Gasteiger partial charge in [0, 0.05) is 10.9 Å². The van der Waals surface area contributed by atoms with Crippen molar-refractivity contribution in [3.8, 4) is 11.5 Å². The molecule has 0 radical (unpaired) electrons. The van der Waals surface area contributed by atoms with Gasteiger partial charge in [-0.2, -0.15) is 0 Å². The van der Waals surface area contributed by atoms with E-state index < -0.39 is 5.97 Å². The number of hydrogen-bond donors (Lipinski definition) is 0. The molecule has 1 heterocycles. The molecule has 1 aliphatic heterocycles. The van der Waals surface area contributed by atoms with Crippen molar-refractivity contribution in [2.24, 2.45) is 4.99 Å². The van der Waals surface area contributed by atoms with Crippen LogP contribution in [0.4, 0.5) is 0 Å².